The number of hydrogen-bond donors (Lipinski definition) is 1. The van der Waals surface area contributed by atoms with Crippen LogP contribution in [0.5, 0.6) is 11.5 Å². The van der Waals surface area contributed by atoms with Crippen LogP contribution < -0.4 is 14.8 Å². The van der Waals surface area contributed by atoms with Crippen molar-refractivity contribution >= 4 is 23.4 Å². The SMILES string of the molecule is COc1ccc(OCC(=O)N(Cc2cccc(Cl)c2)[C@@H](C)C(=O)NCC(C)C)cc1. The van der Waals surface area contributed by atoms with E-state index in [1.807, 2.05) is 26.0 Å². The maximum Gasteiger partial charge on any atom is 0.261 e. The Balaban J connectivity index is 2.11. The van der Waals surface area contributed by atoms with Crippen LogP contribution in [-0.2, 0) is 16.1 Å². The smallest absolute Gasteiger partial charge is 0.261 e. The predicted octanol–water partition coefficient (Wildman–Crippen LogP) is 3.92. The third-order valence-corrected chi connectivity index (χ3v) is 4.75. The summed E-state index contributed by atoms with van der Waals surface area (Å²) >= 11 is 6.08. The minimum absolute atomic E-state index is 0.186. The molecule has 0 saturated heterocycles. The number of rotatable bonds is 10. The number of nitrogens with zero attached hydrogens (tertiary/aromatic N) is 1. The maximum absolute atomic E-state index is 13.0. The van der Waals surface area contributed by atoms with Crippen LogP contribution in [0.25, 0.3) is 0 Å². The molecule has 0 heterocycles. The molecular formula is C23H29ClN2O4. The Morgan fingerprint density at radius 2 is 1.73 bits per heavy atom. The topological polar surface area (TPSA) is 67.9 Å². The first-order chi connectivity index (χ1) is 14.3. The molecule has 1 N–H and O–H groups in total. The zero-order valence-electron chi connectivity index (χ0n) is 17.9. The monoisotopic (exact) mass is 432 g/mol. The molecule has 0 bridgehead atoms. The van der Waals surface area contributed by atoms with E-state index in [2.05, 4.69) is 5.32 Å². The van der Waals surface area contributed by atoms with Crippen molar-refractivity contribution in [3.8, 4) is 11.5 Å². The summed E-state index contributed by atoms with van der Waals surface area (Å²) in [6.45, 7) is 6.36. The van der Waals surface area contributed by atoms with E-state index in [4.69, 9.17) is 21.1 Å². The zero-order chi connectivity index (χ0) is 22.1. The molecule has 0 aromatic heterocycles. The third-order valence-electron chi connectivity index (χ3n) is 4.52. The number of ether oxygens (including phenoxy) is 2. The summed E-state index contributed by atoms with van der Waals surface area (Å²) in [5.41, 5.74) is 0.837. The molecule has 2 amide bonds. The second-order valence-corrected chi connectivity index (χ2v) is 7.87. The number of methoxy groups -OCH3 is 1. The van der Waals surface area contributed by atoms with Gasteiger partial charge in [0.15, 0.2) is 6.61 Å². The van der Waals surface area contributed by atoms with Gasteiger partial charge >= 0.3 is 0 Å². The average molecular weight is 433 g/mol. The van der Waals surface area contributed by atoms with E-state index in [9.17, 15) is 9.59 Å². The van der Waals surface area contributed by atoms with Crippen LogP contribution in [0.1, 0.15) is 26.3 Å². The molecule has 0 spiro atoms. The van der Waals surface area contributed by atoms with Crippen LogP contribution in [0.3, 0.4) is 0 Å². The lowest BCUT2D eigenvalue weighted by molar-refractivity contribution is -0.142. The van der Waals surface area contributed by atoms with E-state index < -0.39 is 6.04 Å². The highest BCUT2D eigenvalue weighted by atomic mass is 35.5. The van der Waals surface area contributed by atoms with Crippen molar-refractivity contribution in [3.05, 3.63) is 59.1 Å². The molecule has 0 radical (unpaired) electrons. The summed E-state index contributed by atoms with van der Waals surface area (Å²) in [6.07, 6.45) is 0. The molecule has 2 rings (SSSR count). The molecule has 162 valence electrons. The van der Waals surface area contributed by atoms with E-state index in [1.165, 1.54) is 4.90 Å². The zero-order valence-corrected chi connectivity index (χ0v) is 18.6. The van der Waals surface area contributed by atoms with Crippen LogP contribution in [0.15, 0.2) is 48.5 Å². The summed E-state index contributed by atoms with van der Waals surface area (Å²) < 4.78 is 10.8. The van der Waals surface area contributed by atoms with Crippen molar-refractivity contribution < 1.29 is 19.1 Å². The van der Waals surface area contributed by atoms with Crippen LogP contribution in [-0.4, -0.2) is 43.0 Å². The number of benzene rings is 2. The van der Waals surface area contributed by atoms with Crippen molar-refractivity contribution in [1.29, 1.82) is 0 Å². The normalized spacial score (nSPS) is 11.7. The molecule has 2 aromatic rings. The fourth-order valence-electron chi connectivity index (χ4n) is 2.77. The van der Waals surface area contributed by atoms with E-state index in [1.54, 1.807) is 50.4 Å². The highest BCUT2D eigenvalue weighted by Crippen LogP contribution is 2.18. The molecule has 0 unspecified atom stereocenters. The fourth-order valence-corrected chi connectivity index (χ4v) is 2.98. The molecule has 0 aliphatic carbocycles. The van der Waals surface area contributed by atoms with Gasteiger partial charge in [0.2, 0.25) is 5.91 Å². The molecule has 0 aliphatic rings. The first-order valence-corrected chi connectivity index (χ1v) is 10.3. The Hall–Kier alpha value is -2.73. The Kier molecular flexibility index (Phi) is 8.99. The Bertz CT molecular complexity index is 839. The highest BCUT2D eigenvalue weighted by Gasteiger charge is 2.26. The third kappa shape index (κ3) is 7.26. The molecule has 0 fully saturated rings. The standard InChI is InChI=1S/C23H29ClN2O4/c1-16(2)13-25-23(28)17(3)26(14-18-6-5-7-19(24)12-18)22(27)15-30-21-10-8-20(29-4)9-11-21/h5-12,16-17H,13-15H2,1-4H3,(H,25,28)/t17-/m0/s1. The summed E-state index contributed by atoms with van der Waals surface area (Å²) in [5.74, 6) is 1.06. The molecule has 6 nitrogen and oxygen atoms in total. The van der Waals surface area contributed by atoms with Gasteiger partial charge in [-0.05, 0) is 54.8 Å². The van der Waals surface area contributed by atoms with Crippen molar-refractivity contribution in [1.82, 2.24) is 10.2 Å². The Morgan fingerprint density at radius 1 is 1.07 bits per heavy atom. The van der Waals surface area contributed by atoms with Gasteiger partial charge < -0.3 is 19.7 Å². The highest BCUT2D eigenvalue weighted by molar-refractivity contribution is 6.30. The van der Waals surface area contributed by atoms with Gasteiger partial charge in [-0.15, -0.1) is 0 Å². The minimum Gasteiger partial charge on any atom is -0.497 e. The van der Waals surface area contributed by atoms with Gasteiger partial charge in [0, 0.05) is 18.1 Å². The number of carbonyl (C=O) groups excluding carboxylic acids is 2. The lowest BCUT2D eigenvalue weighted by Crippen LogP contribution is -2.49. The van der Waals surface area contributed by atoms with E-state index in [0.29, 0.717) is 29.0 Å². The Labute approximate surface area is 183 Å². The molecule has 0 aliphatic heterocycles. The van der Waals surface area contributed by atoms with Crippen molar-refractivity contribution in [2.75, 3.05) is 20.3 Å². The second kappa shape index (κ2) is 11.5. The molecule has 1 atom stereocenters. The average Bonchev–Trinajstić information content (AvgIpc) is 2.74. The fraction of sp³-hybridized carbons (Fsp3) is 0.391. The molecule has 0 saturated carbocycles. The first kappa shape index (κ1) is 23.5. The van der Waals surface area contributed by atoms with E-state index in [-0.39, 0.29) is 25.0 Å². The van der Waals surface area contributed by atoms with Gasteiger partial charge in [0.1, 0.15) is 17.5 Å². The van der Waals surface area contributed by atoms with Gasteiger partial charge in [-0.3, -0.25) is 9.59 Å². The van der Waals surface area contributed by atoms with E-state index in [0.717, 1.165) is 5.56 Å². The first-order valence-electron chi connectivity index (χ1n) is 9.88. The number of hydrogen-bond acceptors (Lipinski definition) is 4. The molecule has 7 heteroatoms. The number of carbonyl (C=O) groups is 2. The molecule has 30 heavy (non-hydrogen) atoms. The van der Waals surface area contributed by atoms with Crippen LogP contribution in [0.4, 0.5) is 0 Å². The molecular weight excluding hydrogens is 404 g/mol. The van der Waals surface area contributed by atoms with Crippen molar-refractivity contribution in [2.24, 2.45) is 5.92 Å². The lowest BCUT2D eigenvalue weighted by atomic mass is 10.1. The molecule has 2 aromatic carbocycles. The van der Waals surface area contributed by atoms with Gasteiger partial charge in [-0.25, -0.2) is 0 Å². The van der Waals surface area contributed by atoms with Gasteiger partial charge in [0.05, 0.1) is 7.11 Å². The predicted molar refractivity (Wildman–Crippen MR) is 118 cm³/mol. The van der Waals surface area contributed by atoms with Crippen molar-refractivity contribution in [2.45, 2.75) is 33.4 Å². The van der Waals surface area contributed by atoms with E-state index >= 15 is 0 Å². The summed E-state index contributed by atoms with van der Waals surface area (Å²) in [7, 11) is 1.58. The quantitative estimate of drug-likeness (QED) is 0.618. The number of amides is 2. The second-order valence-electron chi connectivity index (χ2n) is 7.43. The van der Waals surface area contributed by atoms with Gasteiger partial charge in [0.25, 0.3) is 5.91 Å². The van der Waals surface area contributed by atoms with Crippen molar-refractivity contribution in [3.63, 3.8) is 0 Å². The number of nitrogens with one attached hydrogen (secondary N) is 1. The largest absolute Gasteiger partial charge is 0.497 e. The van der Waals surface area contributed by atoms with Crippen LogP contribution in [0.2, 0.25) is 5.02 Å². The minimum atomic E-state index is -0.658. The summed E-state index contributed by atoms with van der Waals surface area (Å²) in [4.78, 5) is 27.1. The summed E-state index contributed by atoms with van der Waals surface area (Å²) in [5, 5.41) is 3.46. The maximum atomic E-state index is 13.0. The summed E-state index contributed by atoms with van der Waals surface area (Å²) in [6, 6.07) is 13.5. The van der Waals surface area contributed by atoms with Crippen LogP contribution >= 0.6 is 11.6 Å². The van der Waals surface area contributed by atoms with Gasteiger partial charge in [-0.1, -0.05) is 37.6 Å². The Morgan fingerprint density at radius 3 is 2.33 bits per heavy atom. The number of halogens is 1. The lowest BCUT2D eigenvalue weighted by Gasteiger charge is -2.29. The van der Waals surface area contributed by atoms with Crippen LogP contribution in [0, 0.1) is 5.92 Å². The van der Waals surface area contributed by atoms with Gasteiger partial charge in [-0.2, -0.15) is 0 Å².